The lowest BCUT2D eigenvalue weighted by Gasteiger charge is -2.04. The number of hydrogen-bond donors (Lipinski definition) is 4. The van der Waals surface area contributed by atoms with Gasteiger partial charge in [-0.2, -0.15) is 5.10 Å². The van der Waals surface area contributed by atoms with E-state index in [2.05, 4.69) is 36.5 Å². The highest BCUT2D eigenvalue weighted by molar-refractivity contribution is 7.21. The van der Waals surface area contributed by atoms with Crippen LogP contribution in [0.15, 0.2) is 36.8 Å². The summed E-state index contributed by atoms with van der Waals surface area (Å²) < 4.78 is 1.13. The van der Waals surface area contributed by atoms with Gasteiger partial charge in [0.25, 0.3) is 0 Å². The summed E-state index contributed by atoms with van der Waals surface area (Å²) in [4.78, 5) is 11.7. The van der Waals surface area contributed by atoms with Crippen molar-refractivity contribution in [1.29, 1.82) is 0 Å². The number of para-hydroxylation sites is 1. The Morgan fingerprint density at radius 2 is 2.17 bits per heavy atom. The van der Waals surface area contributed by atoms with Crippen LogP contribution in [0.2, 0.25) is 0 Å². The van der Waals surface area contributed by atoms with Gasteiger partial charge in [-0.3, -0.25) is 5.10 Å². The number of aromatic nitrogens is 5. The number of anilines is 2. The quantitative estimate of drug-likeness (QED) is 0.451. The van der Waals surface area contributed by atoms with E-state index in [0.717, 1.165) is 45.3 Å². The van der Waals surface area contributed by atoms with Gasteiger partial charge >= 0.3 is 0 Å². The molecular weight excluding hydrogens is 310 g/mol. The minimum atomic E-state index is 0.521. The van der Waals surface area contributed by atoms with Gasteiger partial charge in [0.1, 0.15) is 10.8 Å². The van der Waals surface area contributed by atoms with E-state index < -0.39 is 0 Å². The number of imidazole rings is 1. The molecule has 0 aliphatic heterocycles. The van der Waals surface area contributed by atoms with Gasteiger partial charge in [-0.25, -0.2) is 9.97 Å². The van der Waals surface area contributed by atoms with E-state index in [9.17, 15) is 0 Å². The van der Waals surface area contributed by atoms with E-state index in [4.69, 9.17) is 5.73 Å². The molecular formula is C15H15N7S. The van der Waals surface area contributed by atoms with Crippen LogP contribution in [0.25, 0.3) is 20.8 Å². The van der Waals surface area contributed by atoms with Gasteiger partial charge in [0.2, 0.25) is 0 Å². The maximum absolute atomic E-state index is 6.05. The minimum absolute atomic E-state index is 0.521. The van der Waals surface area contributed by atoms with E-state index in [1.165, 1.54) is 0 Å². The topological polar surface area (TPSA) is 108 Å². The molecule has 0 fully saturated rings. The number of hydrogen-bond acceptors (Lipinski definition) is 6. The van der Waals surface area contributed by atoms with Gasteiger partial charge < -0.3 is 16.0 Å². The molecule has 116 valence electrons. The molecule has 0 saturated heterocycles. The van der Waals surface area contributed by atoms with Crippen molar-refractivity contribution in [2.45, 2.75) is 6.42 Å². The van der Waals surface area contributed by atoms with Gasteiger partial charge in [0, 0.05) is 24.9 Å². The molecule has 3 heterocycles. The summed E-state index contributed by atoms with van der Waals surface area (Å²) in [7, 11) is 0. The predicted molar refractivity (Wildman–Crippen MR) is 92.4 cm³/mol. The summed E-state index contributed by atoms with van der Waals surface area (Å²) in [5.41, 5.74) is 8.92. The fourth-order valence-electron chi connectivity index (χ4n) is 2.42. The average molecular weight is 325 g/mol. The van der Waals surface area contributed by atoms with Crippen molar-refractivity contribution in [2.75, 3.05) is 17.6 Å². The summed E-state index contributed by atoms with van der Waals surface area (Å²) in [6.45, 7) is 0.727. The second kappa shape index (κ2) is 5.73. The number of thiazole rings is 1. The number of nitrogens with one attached hydrogen (secondary N) is 3. The zero-order chi connectivity index (χ0) is 15.6. The van der Waals surface area contributed by atoms with Crippen molar-refractivity contribution < 1.29 is 0 Å². The van der Waals surface area contributed by atoms with Crippen LogP contribution < -0.4 is 11.1 Å². The molecule has 3 aromatic heterocycles. The third-order valence-corrected chi connectivity index (χ3v) is 4.60. The highest BCUT2D eigenvalue weighted by atomic mass is 32.1. The number of nitrogens with zero attached hydrogens (tertiary/aromatic N) is 3. The smallest absolute Gasteiger partial charge is 0.160 e. The summed E-state index contributed by atoms with van der Waals surface area (Å²) in [6.07, 6.45) is 4.31. The first-order valence-electron chi connectivity index (χ1n) is 7.22. The zero-order valence-corrected chi connectivity index (χ0v) is 13.0. The first-order valence-corrected chi connectivity index (χ1v) is 8.04. The SMILES string of the molecule is Nc1[nH]nc(NCCc2cnc[nH]2)c1-c1nc2ccccc2s1. The van der Waals surface area contributed by atoms with Crippen molar-refractivity contribution in [3.05, 3.63) is 42.5 Å². The molecule has 0 aliphatic carbocycles. The molecule has 0 aliphatic rings. The number of nitrogens with two attached hydrogens (primary N) is 1. The fourth-order valence-corrected chi connectivity index (χ4v) is 3.44. The van der Waals surface area contributed by atoms with Gasteiger partial charge in [-0.15, -0.1) is 11.3 Å². The van der Waals surface area contributed by atoms with Crippen LogP contribution in [0.3, 0.4) is 0 Å². The first kappa shape index (κ1) is 13.8. The molecule has 4 rings (SSSR count). The molecule has 0 atom stereocenters. The van der Waals surface area contributed by atoms with Crippen LogP contribution in [0, 0.1) is 0 Å². The van der Waals surface area contributed by atoms with E-state index in [1.807, 2.05) is 24.4 Å². The Morgan fingerprint density at radius 1 is 1.26 bits per heavy atom. The first-order chi connectivity index (χ1) is 11.3. The molecule has 4 aromatic rings. The van der Waals surface area contributed by atoms with Crippen molar-refractivity contribution >= 4 is 33.2 Å². The Morgan fingerprint density at radius 3 is 3.00 bits per heavy atom. The third kappa shape index (κ3) is 2.64. The largest absolute Gasteiger partial charge is 0.383 e. The van der Waals surface area contributed by atoms with Crippen molar-refractivity contribution in [3.63, 3.8) is 0 Å². The van der Waals surface area contributed by atoms with Crippen LogP contribution >= 0.6 is 11.3 Å². The number of benzene rings is 1. The lowest BCUT2D eigenvalue weighted by atomic mass is 10.3. The third-order valence-electron chi connectivity index (χ3n) is 3.54. The molecule has 0 spiro atoms. The molecule has 0 saturated carbocycles. The van der Waals surface area contributed by atoms with Crippen molar-refractivity contribution in [1.82, 2.24) is 25.1 Å². The minimum Gasteiger partial charge on any atom is -0.383 e. The Kier molecular flexibility index (Phi) is 3.43. The molecule has 8 heteroatoms. The standard InChI is InChI=1S/C15H15N7S/c16-13-12(15-20-10-3-1-2-4-11(10)23-15)14(22-21-13)18-6-5-9-7-17-8-19-9/h1-4,7-8H,5-6H2,(H,17,19)(H4,16,18,21,22). The predicted octanol–water partition coefficient (Wildman–Crippen LogP) is 2.65. The van der Waals surface area contributed by atoms with E-state index in [-0.39, 0.29) is 0 Å². The normalized spacial score (nSPS) is 11.1. The number of rotatable bonds is 5. The van der Waals surface area contributed by atoms with Crippen LogP contribution in [-0.2, 0) is 6.42 Å². The van der Waals surface area contributed by atoms with Crippen LogP contribution in [0.1, 0.15) is 5.69 Å². The Labute approximate surface area is 136 Å². The molecule has 7 nitrogen and oxygen atoms in total. The molecule has 0 amide bonds. The van der Waals surface area contributed by atoms with E-state index in [0.29, 0.717) is 5.82 Å². The summed E-state index contributed by atoms with van der Waals surface area (Å²) in [5.74, 6) is 1.24. The monoisotopic (exact) mass is 325 g/mol. The molecule has 5 N–H and O–H groups in total. The van der Waals surface area contributed by atoms with Crippen LogP contribution in [0.4, 0.5) is 11.6 Å². The summed E-state index contributed by atoms with van der Waals surface area (Å²) in [5, 5.41) is 11.3. The Bertz CT molecular complexity index is 890. The molecule has 0 bridgehead atoms. The van der Waals surface area contributed by atoms with Crippen molar-refractivity contribution in [2.24, 2.45) is 0 Å². The maximum atomic E-state index is 6.05. The highest BCUT2D eigenvalue weighted by Crippen LogP contribution is 2.36. The van der Waals surface area contributed by atoms with Crippen LogP contribution in [-0.4, -0.2) is 31.7 Å². The number of nitrogen functional groups attached to an aromatic ring is 1. The fraction of sp³-hybridized carbons (Fsp3) is 0.133. The summed E-state index contributed by atoms with van der Waals surface area (Å²) in [6, 6.07) is 8.04. The highest BCUT2D eigenvalue weighted by Gasteiger charge is 2.17. The molecule has 1 aromatic carbocycles. The van der Waals surface area contributed by atoms with E-state index in [1.54, 1.807) is 17.7 Å². The van der Waals surface area contributed by atoms with Gasteiger partial charge in [-0.05, 0) is 12.1 Å². The molecule has 0 unspecified atom stereocenters. The summed E-state index contributed by atoms with van der Waals surface area (Å²) >= 11 is 1.61. The van der Waals surface area contributed by atoms with Gasteiger partial charge in [0.15, 0.2) is 5.82 Å². The average Bonchev–Trinajstić information content (AvgIpc) is 3.27. The number of H-pyrrole nitrogens is 2. The number of fused-ring (bicyclic) bond motifs is 1. The zero-order valence-electron chi connectivity index (χ0n) is 12.2. The lowest BCUT2D eigenvalue weighted by molar-refractivity contribution is 0.961. The Hall–Kier alpha value is -2.87. The Balaban J connectivity index is 1.59. The molecule has 0 radical (unpaired) electrons. The second-order valence-corrected chi connectivity index (χ2v) is 6.13. The van der Waals surface area contributed by atoms with E-state index >= 15 is 0 Å². The second-order valence-electron chi connectivity index (χ2n) is 5.10. The molecule has 23 heavy (non-hydrogen) atoms. The van der Waals surface area contributed by atoms with Crippen LogP contribution in [0.5, 0.6) is 0 Å². The van der Waals surface area contributed by atoms with Crippen molar-refractivity contribution in [3.8, 4) is 10.6 Å². The lowest BCUT2D eigenvalue weighted by Crippen LogP contribution is -2.06. The van der Waals surface area contributed by atoms with Gasteiger partial charge in [-0.1, -0.05) is 12.1 Å². The maximum Gasteiger partial charge on any atom is 0.160 e. The van der Waals surface area contributed by atoms with Gasteiger partial charge in [0.05, 0.1) is 22.1 Å². The number of aromatic amines is 2.